The van der Waals surface area contributed by atoms with Crippen molar-refractivity contribution in [3.63, 3.8) is 0 Å². The number of aryl methyl sites for hydroxylation is 1. The molecule has 1 aromatic heterocycles. The van der Waals surface area contributed by atoms with Crippen molar-refractivity contribution in [1.29, 1.82) is 0 Å². The molecule has 1 atom stereocenters. The predicted octanol–water partition coefficient (Wildman–Crippen LogP) is 3.07. The van der Waals surface area contributed by atoms with Gasteiger partial charge in [0.25, 0.3) is 11.8 Å². The molecule has 8 nitrogen and oxygen atoms in total. The summed E-state index contributed by atoms with van der Waals surface area (Å²) in [5.41, 5.74) is 0.348. The van der Waals surface area contributed by atoms with Crippen molar-refractivity contribution in [3.05, 3.63) is 65.0 Å². The number of nitrogens with one attached hydrogen (secondary N) is 3. The quantitative estimate of drug-likeness (QED) is 0.510. The van der Waals surface area contributed by atoms with E-state index in [-0.39, 0.29) is 36.0 Å². The van der Waals surface area contributed by atoms with Crippen LogP contribution >= 0.6 is 0 Å². The van der Waals surface area contributed by atoms with Crippen LogP contribution in [0.2, 0.25) is 0 Å². The Morgan fingerprint density at radius 1 is 0.974 bits per heavy atom. The van der Waals surface area contributed by atoms with Crippen molar-refractivity contribution >= 4 is 17.7 Å². The fourth-order valence-corrected chi connectivity index (χ4v) is 5.12. The highest BCUT2D eigenvalue weighted by atomic mass is 19.4. The average Bonchev–Trinajstić information content (AvgIpc) is 3.35. The highest BCUT2D eigenvalue weighted by molar-refractivity contribution is 5.96. The van der Waals surface area contributed by atoms with E-state index in [2.05, 4.69) is 25.8 Å². The predicted molar refractivity (Wildman–Crippen MR) is 134 cm³/mol. The van der Waals surface area contributed by atoms with Gasteiger partial charge in [-0.2, -0.15) is 13.2 Å². The SMILES string of the molecule is Cc1ccnc(C(=O)NC2CCC(N3CC[C@@H](NC(=O)CNC(=O)c4cccc(C(F)(F)F)c4)C3)CC2)c1. The molecule has 204 valence electrons. The normalized spacial score (nSPS) is 22.1. The number of carbonyl (C=O) groups is 3. The molecule has 0 bridgehead atoms. The van der Waals surface area contributed by atoms with Crippen molar-refractivity contribution in [1.82, 2.24) is 25.8 Å². The minimum absolute atomic E-state index is 0.0576. The number of pyridine rings is 1. The number of carbonyl (C=O) groups excluding carboxylic acids is 3. The van der Waals surface area contributed by atoms with Crippen molar-refractivity contribution in [2.24, 2.45) is 0 Å². The van der Waals surface area contributed by atoms with Crippen LogP contribution in [0.1, 0.15) is 64.1 Å². The molecule has 1 aliphatic carbocycles. The maximum Gasteiger partial charge on any atom is 0.416 e. The minimum atomic E-state index is -4.55. The lowest BCUT2D eigenvalue weighted by atomic mass is 9.90. The standard InChI is InChI=1S/C27H32F3N5O3/c1-17-9-11-31-23(13-17)26(38)34-20-5-7-22(8-6-20)35-12-10-21(16-35)33-24(36)15-32-25(37)18-3-2-4-19(14-18)27(28,29)30/h2-4,9,11,13-14,20-22H,5-8,10,12,15-16H2,1H3,(H,32,37)(H,33,36)(H,34,38)/t20?,21-,22?/m1/s1. The van der Waals surface area contributed by atoms with Gasteiger partial charge in [0, 0.05) is 43.0 Å². The van der Waals surface area contributed by atoms with Crippen molar-refractivity contribution in [2.45, 2.75) is 63.3 Å². The first-order valence-electron chi connectivity index (χ1n) is 12.8. The van der Waals surface area contributed by atoms with E-state index in [0.29, 0.717) is 18.3 Å². The smallest absolute Gasteiger partial charge is 0.350 e. The van der Waals surface area contributed by atoms with Crippen molar-refractivity contribution < 1.29 is 27.6 Å². The third kappa shape index (κ3) is 7.31. The Kier molecular flexibility index (Phi) is 8.65. The average molecular weight is 532 g/mol. The first kappa shape index (κ1) is 27.6. The largest absolute Gasteiger partial charge is 0.416 e. The number of halogens is 3. The summed E-state index contributed by atoms with van der Waals surface area (Å²) in [6.07, 6.45) is 1.50. The van der Waals surface area contributed by atoms with Gasteiger partial charge in [-0.3, -0.25) is 24.3 Å². The Bertz CT molecular complexity index is 1160. The topological polar surface area (TPSA) is 103 Å². The number of amides is 3. The van der Waals surface area contributed by atoms with Gasteiger partial charge in [-0.25, -0.2) is 0 Å². The summed E-state index contributed by atoms with van der Waals surface area (Å²) in [4.78, 5) is 43.6. The molecule has 4 rings (SSSR count). The number of nitrogens with zero attached hydrogens (tertiary/aromatic N) is 2. The van der Waals surface area contributed by atoms with E-state index in [9.17, 15) is 27.6 Å². The third-order valence-electron chi connectivity index (χ3n) is 7.14. The Labute approximate surface area is 219 Å². The molecule has 2 heterocycles. The van der Waals surface area contributed by atoms with Crippen LogP contribution < -0.4 is 16.0 Å². The molecule has 0 radical (unpaired) electrons. The van der Waals surface area contributed by atoms with E-state index in [4.69, 9.17) is 0 Å². The molecule has 11 heteroatoms. The highest BCUT2D eigenvalue weighted by Gasteiger charge is 2.33. The highest BCUT2D eigenvalue weighted by Crippen LogP contribution is 2.29. The molecule has 2 fully saturated rings. The first-order valence-corrected chi connectivity index (χ1v) is 12.8. The second kappa shape index (κ2) is 11.9. The van der Waals surface area contributed by atoms with Crippen LogP contribution in [-0.4, -0.2) is 65.4 Å². The molecule has 0 spiro atoms. The van der Waals surface area contributed by atoms with Gasteiger partial charge in [-0.15, -0.1) is 0 Å². The van der Waals surface area contributed by atoms with Crippen LogP contribution in [0, 0.1) is 6.92 Å². The van der Waals surface area contributed by atoms with Gasteiger partial charge >= 0.3 is 6.18 Å². The van der Waals surface area contributed by atoms with E-state index in [1.807, 2.05) is 13.0 Å². The van der Waals surface area contributed by atoms with E-state index >= 15 is 0 Å². The number of likely N-dealkylation sites (tertiary alicyclic amines) is 1. The summed E-state index contributed by atoms with van der Waals surface area (Å²) in [7, 11) is 0. The van der Waals surface area contributed by atoms with Gasteiger partial charge < -0.3 is 16.0 Å². The molecule has 1 aromatic carbocycles. The number of hydrogen-bond donors (Lipinski definition) is 3. The number of hydrogen-bond acceptors (Lipinski definition) is 5. The maximum absolute atomic E-state index is 12.9. The molecule has 1 saturated heterocycles. The lowest BCUT2D eigenvalue weighted by Gasteiger charge is -2.35. The summed E-state index contributed by atoms with van der Waals surface area (Å²) in [5.74, 6) is -1.27. The lowest BCUT2D eigenvalue weighted by Crippen LogP contribution is -2.46. The Morgan fingerprint density at radius 3 is 2.45 bits per heavy atom. The van der Waals surface area contributed by atoms with E-state index < -0.39 is 17.6 Å². The molecule has 38 heavy (non-hydrogen) atoms. The Balaban J connectivity index is 1.17. The molecular formula is C27H32F3N5O3. The van der Waals surface area contributed by atoms with Gasteiger partial charge in [0.1, 0.15) is 5.69 Å². The Hall–Kier alpha value is -3.47. The fourth-order valence-electron chi connectivity index (χ4n) is 5.12. The van der Waals surface area contributed by atoms with E-state index in [1.54, 1.807) is 12.3 Å². The molecule has 1 saturated carbocycles. The number of aromatic nitrogens is 1. The van der Waals surface area contributed by atoms with Crippen LogP contribution in [0.25, 0.3) is 0 Å². The number of benzene rings is 1. The van der Waals surface area contributed by atoms with Crippen LogP contribution in [0.5, 0.6) is 0 Å². The summed E-state index contributed by atoms with van der Waals surface area (Å²) >= 11 is 0. The third-order valence-corrected chi connectivity index (χ3v) is 7.14. The van der Waals surface area contributed by atoms with Crippen LogP contribution in [0.15, 0.2) is 42.6 Å². The zero-order valence-corrected chi connectivity index (χ0v) is 21.2. The van der Waals surface area contributed by atoms with E-state index in [0.717, 1.165) is 62.4 Å². The molecule has 3 N–H and O–H groups in total. The van der Waals surface area contributed by atoms with Gasteiger partial charge in [-0.1, -0.05) is 6.07 Å². The number of alkyl halides is 3. The van der Waals surface area contributed by atoms with Crippen LogP contribution in [-0.2, 0) is 11.0 Å². The van der Waals surface area contributed by atoms with Crippen LogP contribution in [0.3, 0.4) is 0 Å². The van der Waals surface area contributed by atoms with Crippen molar-refractivity contribution in [3.8, 4) is 0 Å². The maximum atomic E-state index is 12.9. The van der Waals surface area contributed by atoms with Gasteiger partial charge in [0.2, 0.25) is 5.91 Å². The van der Waals surface area contributed by atoms with Crippen molar-refractivity contribution in [2.75, 3.05) is 19.6 Å². The molecule has 2 aliphatic rings. The van der Waals surface area contributed by atoms with Crippen LogP contribution in [0.4, 0.5) is 13.2 Å². The molecule has 2 aromatic rings. The second-order valence-corrected chi connectivity index (χ2v) is 10.0. The summed E-state index contributed by atoms with van der Waals surface area (Å²) in [6, 6.07) is 8.15. The minimum Gasteiger partial charge on any atom is -0.350 e. The molecular weight excluding hydrogens is 499 g/mol. The first-order chi connectivity index (χ1) is 18.1. The molecule has 1 aliphatic heterocycles. The Morgan fingerprint density at radius 2 is 1.74 bits per heavy atom. The molecule has 3 amide bonds. The number of rotatable bonds is 7. The molecule has 0 unspecified atom stereocenters. The van der Waals surface area contributed by atoms with E-state index in [1.165, 1.54) is 6.07 Å². The summed E-state index contributed by atoms with van der Waals surface area (Å²) in [5, 5.41) is 8.39. The fraction of sp³-hybridized carbons (Fsp3) is 0.481. The zero-order chi connectivity index (χ0) is 27.3. The summed E-state index contributed by atoms with van der Waals surface area (Å²) < 4.78 is 38.6. The van der Waals surface area contributed by atoms with Gasteiger partial charge in [0.15, 0.2) is 0 Å². The second-order valence-electron chi connectivity index (χ2n) is 10.0. The zero-order valence-electron chi connectivity index (χ0n) is 21.2. The monoisotopic (exact) mass is 531 g/mol. The van der Waals surface area contributed by atoms with Gasteiger partial charge in [-0.05, 0) is 74.9 Å². The lowest BCUT2D eigenvalue weighted by molar-refractivity contribution is -0.137. The van der Waals surface area contributed by atoms with Gasteiger partial charge in [0.05, 0.1) is 12.1 Å². The summed E-state index contributed by atoms with van der Waals surface area (Å²) in [6.45, 7) is 3.15.